The lowest BCUT2D eigenvalue weighted by molar-refractivity contribution is 0.0692. The Morgan fingerprint density at radius 3 is 2.82 bits per heavy atom. The Hall–Kier alpha value is -1.07. The molecule has 0 radical (unpaired) electrons. The number of rotatable bonds is 6. The van der Waals surface area contributed by atoms with Crippen LogP contribution < -0.4 is 5.73 Å². The molecule has 0 aliphatic rings. The van der Waals surface area contributed by atoms with E-state index in [0.29, 0.717) is 5.75 Å². The van der Waals surface area contributed by atoms with Gasteiger partial charge in [-0.3, -0.25) is 0 Å². The maximum absolute atomic E-state index is 13.3. The van der Waals surface area contributed by atoms with E-state index in [1.807, 2.05) is 6.92 Å². The van der Waals surface area contributed by atoms with Crippen LogP contribution in [0.1, 0.15) is 29.3 Å². The number of benzene rings is 1. The Morgan fingerprint density at radius 2 is 2.29 bits per heavy atom. The third-order valence-corrected chi connectivity index (χ3v) is 3.31. The number of hydrogen-bond acceptors (Lipinski definition) is 3. The summed E-state index contributed by atoms with van der Waals surface area (Å²) in [7, 11) is 0. The maximum atomic E-state index is 13.3. The van der Waals surface area contributed by atoms with Gasteiger partial charge in [0.25, 0.3) is 0 Å². The fraction of sp³-hybridized carbons (Fsp3) is 0.417. The zero-order valence-corrected chi connectivity index (χ0v) is 10.5. The summed E-state index contributed by atoms with van der Waals surface area (Å²) in [5, 5.41) is 8.67. The molecule has 94 valence electrons. The first-order valence-corrected chi connectivity index (χ1v) is 6.51. The minimum atomic E-state index is -1.24. The van der Waals surface area contributed by atoms with Crippen LogP contribution in [0.4, 0.5) is 4.39 Å². The van der Waals surface area contributed by atoms with Gasteiger partial charge in [-0.2, -0.15) is 11.8 Å². The molecule has 1 aromatic rings. The molecule has 0 heterocycles. The molecule has 0 aliphatic carbocycles. The summed E-state index contributed by atoms with van der Waals surface area (Å²) in [6.45, 7) is 1.95. The highest BCUT2D eigenvalue weighted by Gasteiger charge is 2.10. The van der Waals surface area contributed by atoms with Crippen LogP contribution >= 0.6 is 11.8 Å². The number of nitrogens with two attached hydrogens (primary N) is 1. The molecule has 0 amide bonds. The summed E-state index contributed by atoms with van der Waals surface area (Å²) in [4.78, 5) is 10.6. The molecule has 1 unspecified atom stereocenters. The van der Waals surface area contributed by atoms with Gasteiger partial charge in [-0.25, -0.2) is 9.18 Å². The molecule has 1 rings (SSSR count). The average molecular weight is 257 g/mol. The van der Waals surface area contributed by atoms with Crippen molar-refractivity contribution in [1.29, 1.82) is 0 Å². The van der Waals surface area contributed by atoms with E-state index >= 15 is 0 Å². The SMILES string of the molecule is CC(N)CCSCc1ccc(C(=O)O)c(F)c1. The first-order valence-electron chi connectivity index (χ1n) is 5.35. The first kappa shape index (κ1) is 14.0. The van der Waals surface area contributed by atoms with Crippen molar-refractivity contribution >= 4 is 17.7 Å². The van der Waals surface area contributed by atoms with E-state index in [0.717, 1.165) is 17.7 Å². The van der Waals surface area contributed by atoms with Crippen molar-refractivity contribution in [3.63, 3.8) is 0 Å². The van der Waals surface area contributed by atoms with E-state index in [1.54, 1.807) is 17.8 Å². The van der Waals surface area contributed by atoms with Crippen LogP contribution in [0.5, 0.6) is 0 Å². The normalized spacial score (nSPS) is 12.4. The van der Waals surface area contributed by atoms with Crippen molar-refractivity contribution in [3.05, 3.63) is 35.1 Å². The molecule has 0 aromatic heterocycles. The summed E-state index contributed by atoms with van der Waals surface area (Å²) in [5.41, 5.74) is 6.12. The van der Waals surface area contributed by atoms with Gasteiger partial charge >= 0.3 is 5.97 Å². The van der Waals surface area contributed by atoms with E-state index in [1.165, 1.54) is 12.1 Å². The molecule has 0 spiro atoms. The van der Waals surface area contributed by atoms with Gasteiger partial charge in [0.15, 0.2) is 0 Å². The zero-order valence-electron chi connectivity index (χ0n) is 9.65. The highest BCUT2D eigenvalue weighted by molar-refractivity contribution is 7.98. The summed E-state index contributed by atoms with van der Waals surface area (Å²) in [6.07, 6.45) is 0.917. The molecular formula is C12H16FNO2S. The van der Waals surface area contributed by atoms with E-state index in [4.69, 9.17) is 10.8 Å². The van der Waals surface area contributed by atoms with Crippen molar-refractivity contribution in [3.8, 4) is 0 Å². The monoisotopic (exact) mass is 257 g/mol. The average Bonchev–Trinajstić information content (AvgIpc) is 2.23. The second-order valence-electron chi connectivity index (χ2n) is 3.94. The quantitative estimate of drug-likeness (QED) is 0.769. The number of carboxylic acids is 1. The number of thioether (sulfide) groups is 1. The molecule has 0 saturated carbocycles. The number of halogens is 1. The van der Waals surface area contributed by atoms with Crippen molar-refractivity contribution in [2.75, 3.05) is 5.75 Å². The second-order valence-corrected chi connectivity index (χ2v) is 5.04. The van der Waals surface area contributed by atoms with Gasteiger partial charge in [0, 0.05) is 11.8 Å². The van der Waals surface area contributed by atoms with E-state index in [-0.39, 0.29) is 11.6 Å². The Morgan fingerprint density at radius 1 is 1.59 bits per heavy atom. The van der Waals surface area contributed by atoms with E-state index in [2.05, 4.69) is 0 Å². The smallest absolute Gasteiger partial charge is 0.338 e. The topological polar surface area (TPSA) is 63.3 Å². The Labute approximate surface area is 104 Å². The van der Waals surface area contributed by atoms with Crippen LogP contribution in [0.15, 0.2) is 18.2 Å². The van der Waals surface area contributed by atoms with Crippen LogP contribution in [0.3, 0.4) is 0 Å². The molecule has 3 nitrogen and oxygen atoms in total. The molecule has 1 aromatic carbocycles. The van der Waals surface area contributed by atoms with Gasteiger partial charge in [0.1, 0.15) is 5.82 Å². The minimum absolute atomic E-state index is 0.175. The lowest BCUT2D eigenvalue weighted by Crippen LogP contribution is -2.15. The van der Waals surface area contributed by atoms with Crippen LogP contribution in [0.25, 0.3) is 0 Å². The second kappa shape index (κ2) is 6.61. The molecule has 3 N–H and O–H groups in total. The maximum Gasteiger partial charge on any atom is 0.338 e. The molecule has 0 fully saturated rings. The molecular weight excluding hydrogens is 241 g/mol. The predicted octanol–water partition coefficient (Wildman–Crippen LogP) is 2.49. The third-order valence-electron chi connectivity index (χ3n) is 2.25. The molecule has 1 atom stereocenters. The molecule has 0 saturated heterocycles. The van der Waals surface area contributed by atoms with Crippen molar-refractivity contribution in [2.45, 2.75) is 25.1 Å². The van der Waals surface area contributed by atoms with Crippen LogP contribution in [0.2, 0.25) is 0 Å². The Bertz CT molecular complexity index is 396. The van der Waals surface area contributed by atoms with Crippen molar-refractivity contribution < 1.29 is 14.3 Å². The van der Waals surface area contributed by atoms with Gasteiger partial charge < -0.3 is 10.8 Å². The highest BCUT2D eigenvalue weighted by Crippen LogP contribution is 2.17. The highest BCUT2D eigenvalue weighted by atomic mass is 32.2. The molecule has 5 heteroatoms. The number of hydrogen-bond donors (Lipinski definition) is 2. The molecule has 0 bridgehead atoms. The largest absolute Gasteiger partial charge is 0.478 e. The minimum Gasteiger partial charge on any atom is -0.478 e. The fourth-order valence-corrected chi connectivity index (χ4v) is 2.38. The van der Waals surface area contributed by atoms with Gasteiger partial charge in [-0.1, -0.05) is 6.07 Å². The third kappa shape index (κ3) is 4.75. The number of aromatic carboxylic acids is 1. The Kier molecular flexibility index (Phi) is 5.44. The van der Waals surface area contributed by atoms with Crippen LogP contribution in [-0.2, 0) is 5.75 Å². The van der Waals surface area contributed by atoms with E-state index in [9.17, 15) is 9.18 Å². The fourth-order valence-electron chi connectivity index (χ4n) is 1.28. The number of carboxylic acid groups (broad SMARTS) is 1. The van der Waals surface area contributed by atoms with Gasteiger partial charge in [0.2, 0.25) is 0 Å². The van der Waals surface area contributed by atoms with Gasteiger partial charge in [-0.15, -0.1) is 0 Å². The van der Waals surface area contributed by atoms with Crippen LogP contribution in [0, 0.1) is 5.82 Å². The first-order chi connectivity index (χ1) is 8.00. The summed E-state index contributed by atoms with van der Waals surface area (Å²) in [5.74, 6) is -0.329. The van der Waals surface area contributed by atoms with Gasteiger partial charge in [-0.05, 0) is 36.8 Å². The van der Waals surface area contributed by atoms with Crippen molar-refractivity contribution in [2.24, 2.45) is 5.73 Å². The molecule has 17 heavy (non-hydrogen) atoms. The lowest BCUT2D eigenvalue weighted by atomic mass is 10.1. The predicted molar refractivity (Wildman–Crippen MR) is 67.8 cm³/mol. The summed E-state index contributed by atoms with van der Waals surface area (Å²) < 4.78 is 13.3. The van der Waals surface area contributed by atoms with E-state index < -0.39 is 11.8 Å². The molecule has 0 aliphatic heterocycles. The zero-order chi connectivity index (χ0) is 12.8. The van der Waals surface area contributed by atoms with Crippen molar-refractivity contribution in [1.82, 2.24) is 0 Å². The Balaban J connectivity index is 2.50. The van der Waals surface area contributed by atoms with Gasteiger partial charge in [0.05, 0.1) is 5.56 Å². The lowest BCUT2D eigenvalue weighted by Gasteiger charge is -2.05. The summed E-state index contributed by atoms with van der Waals surface area (Å²) in [6, 6.07) is 4.40. The van der Waals surface area contributed by atoms with Crippen LogP contribution in [-0.4, -0.2) is 22.9 Å². The number of carbonyl (C=O) groups is 1. The standard InChI is InChI=1S/C12H16FNO2S/c1-8(14)4-5-17-7-9-2-3-10(12(15)16)11(13)6-9/h2-3,6,8H,4-5,7,14H2,1H3,(H,15,16). The summed E-state index contributed by atoms with van der Waals surface area (Å²) >= 11 is 1.66.